The van der Waals surface area contributed by atoms with Gasteiger partial charge in [0.25, 0.3) is 0 Å². The lowest BCUT2D eigenvalue weighted by molar-refractivity contribution is 0.0288. The summed E-state index contributed by atoms with van der Waals surface area (Å²) in [5.74, 6) is 0. The van der Waals surface area contributed by atoms with Crippen molar-refractivity contribution in [1.29, 1.82) is 0 Å². The zero-order chi connectivity index (χ0) is 14.4. The molecule has 20 heavy (non-hydrogen) atoms. The van der Waals surface area contributed by atoms with Crippen molar-refractivity contribution in [2.45, 2.75) is 26.9 Å². The van der Waals surface area contributed by atoms with Gasteiger partial charge in [0.1, 0.15) is 0 Å². The summed E-state index contributed by atoms with van der Waals surface area (Å²) in [7, 11) is 0. The van der Waals surface area contributed by atoms with E-state index in [1.807, 2.05) is 24.3 Å². The van der Waals surface area contributed by atoms with E-state index in [2.05, 4.69) is 37.5 Å². The number of rotatable bonds is 6. The third-order valence-electron chi connectivity index (χ3n) is 3.05. The average molecular weight is 290 g/mol. The summed E-state index contributed by atoms with van der Waals surface area (Å²) in [6.45, 7) is 5.57. The zero-order valence-electron chi connectivity index (χ0n) is 11.9. The van der Waals surface area contributed by atoms with E-state index in [-0.39, 0.29) is 0 Å². The molecule has 2 aromatic rings. The van der Waals surface area contributed by atoms with E-state index >= 15 is 0 Å². The van der Waals surface area contributed by atoms with Gasteiger partial charge >= 0.3 is 0 Å². The highest BCUT2D eigenvalue weighted by atomic mass is 35.5. The van der Waals surface area contributed by atoms with Crippen molar-refractivity contribution < 1.29 is 4.84 Å². The molecule has 2 rings (SSSR count). The van der Waals surface area contributed by atoms with Crippen LogP contribution in [0.25, 0.3) is 0 Å². The molecule has 0 atom stereocenters. The molecule has 0 heterocycles. The molecule has 106 valence electrons. The van der Waals surface area contributed by atoms with E-state index in [0.717, 1.165) is 18.0 Å². The van der Waals surface area contributed by atoms with Gasteiger partial charge < -0.3 is 0 Å². The average Bonchev–Trinajstić information content (AvgIpc) is 2.39. The lowest BCUT2D eigenvalue weighted by atomic mass is 10.1. The van der Waals surface area contributed by atoms with Crippen LogP contribution in [0.4, 0.5) is 0 Å². The second kappa shape index (κ2) is 7.44. The van der Waals surface area contributed by atoms with Crippen LogP contribution < -0.4 is 5.48 Å². The Morgan fingerprint density at radius 2 is 1.60 bits per heavy atom. The van der Waals surface area contributed by atoms with Gasteiger partial charge in [-0.05, 0) is 43.5 Å². The van der Waals surface area contributed by atoms with Crippen LogP contribution in [0, 0.1) is 13.8 Å². The van der Waals surface area contributed by atoms with Crippen molar-refractivity contribution in [2.75, 3.05) is 6.54 Å². The molecule has 0 radical (unpaired) electrons. The highest BCUT2D eigenvalue weighted by Crippen LogP contribution is 2.10. The number of aryl methyl sites for hydroxylation is 2. The third kappa shape index (κ3) is 4.97. The van der Waals surface area contributed by atoms with Gasteiger partial charge in [-0.25, -0.2) is 5.48 Å². The molecule has 0 saturated carbocycles. The quantitative estimate of drug-likeness (QED) is 0.635. The molecule has 0 spiro atoms. The van der Waals surface area contributed by atoms with Crippen LogP contribution in [0.2, 0.25) is 5.02 Å². The van der Waals surface area contributed by atoms with Crippen molar-refractivity contribution in [3.05, 3.63) is 69.7 Å². The predicted molar refractivity (Wildman–Crippen MR) is 83.9 cm³/mol. The molecule has 0 fully saturated rings. The van der Waals surface area contributed by atoms with Crippen LogP contribution in [0.1, 0.15) is 22.3 Å². The molecule has 0 aliphatic carbocycles. The Hall–Kier alpha value is -1.35. The van der Waals surface area contributed by atoms with Gasteiger partial charge in [-0.3, -0.25) is 4.84 Å². The van der Waals surface area contributed by atoms with Gasteiger partial charge in [0.2, 0.25) is 0 Å². The summed E-state index contributed by atoms with van der Waals surface area (Å²) >= 11 is 5.85. The highest BCUT2D eigenvalue weighted by molar-refractivity contribution is 6.30. The van der Waals surface area contributed by atoms with Gasteiger partial charge in [-0.1, -0.05) is 53.1 Å². The number of hydroxylamine groups is 1. The summed E-state index contributed by atoms with van der Waals surface area (Å²) in [5.41, 5.74) is 7.98. The molecule has 0 aliphatic rings. The molecule has 0 amide bonds. The lowest BCUT2D eigenvalue weighted by Crippen LogP contribution is -2.17. The molecular weight excluding hydrogens is 270 g/mol. The second-order valence-corrected chi connectivity index (χ2v) is 5.49. The first-order valence-electron chi connectivity index (χ1n) is 6.80. The summed E-state index contributed by atoms with van der Waals surface area (Å²) in [6, 6.07) is 14.3. The monoisotopic (exact) mass is 289 g/mol. The fourth-order valence-electron chi connectivity index (χ4n) is 2.21. The molecule has 0 unspecified atom stereocenters. The molecule has 0 bridgehead atoms. The van der Waals surface area contributed by atoms with Gasteiger partial charge in [0.15, 0.2) is 0 Å². The van der Waals surface area contributed by atoms with Crippen LogP contribution >= 0.6 is 11.6 Å². The number of halogens is 1. The number of nitrogens with one attached hydrogen (secondary N) is 1. The maximum absolute atomic E-state index is 5.85. The molecule has 3 heteroatoms. The maximum Gasteiger partial charge on any atom is 0.0933 e. The summed E-state index contributed by atoms with van der Waals surface area (Å²) in [5, 5.41) is 0.771. The van der Waals surface area contributed by atoms with E-state index < -0.39 is 0 Å². The van der Waals surface area contributed by atoms with Crippen molar-refractivity contribution >= 4 is 11.6 Å². The highest BCUT2D eigenvalue weighted by Gasteiger charge is 1.97. The minimum Gasteiger partial charge on any atom is -0.297 e. The van der Waals surface area contributed by atoms with E-state index in [1.165, 1.54) is 22.3 Å². The normalized spacial score (nSPS) is 10.8. The zero-order valence-corrected chi connectivity index (χ0v) is 12.7. The first kappa shape index (κ1) is 15.0. The number of hydrogen-bond acceptors (Lipinski definition) is 2. The Labute approximate surface area is 125 Å². The Morgan fingerprint density at radius 3 is 2.25 bits per heavy atom. The smallest absolute Gasteiger partial charge is 0.0933 e. The van der Waals surface area contributed by atoms with Crippen molar-refractivity contribution in [3.8, 4) is 0 Å². The fraction of sp³-hybridized carbons (Fsp3) is 0.294. The van der Waals surface area contributed by atoms with Crippen LogP contribution in [-0.4, -0.2) is 6.54 Å². The lowest BCUT2D eigenvalue weighted by Gasteiger charge is -2.08. The van der Waals surface area contributed by atoms with E-state index in [0.29, 0.717) is 6.61 Å². The van der Waals surface area contributed by atoms with Crippen molar-refractivity contribution in [3.63, 3.8) is 0 Å². The van der Waals surface area contributed by atoms with E-state index in [1.54, 1.807) is 0 Å². The van der Waals surface area contributed by atoms with Crippen LogP contribution in [0.3, 0.4) is 0 Å². The summed E-state index contributed by atoms with van der Waals surface area (Å²) < 4.78 is 0. The third-order valence-corrected chi connectivity index (χ3v) is 3.30. The molecule has 2 aromatic carbocycles. The van der Waals surface area contributed by atoms with Crippen molar-refractivity contribution in [2.24, 2.45) is 0 Å². The van der Waals surface area contributed by atoms with Crippen LogP contribution in [0.15, 0.2) is 42.5 Å². The number of hydrogen-bond donors (Lipinski definition) is 1. The van der Waals surface area contributed by atoms with Gasteiger partial charge in [0, 0.05) is 11.6 Å². The van der Waals surface area contributed by atoms with Gasteiger partial charge in [-0.15, -0.1) is 0 Å². The van der Waals surface area contributed by atoms with Crippen molar-refractivity contribution in [1.82, 2.24) is 5.48 Å². The van der Waals surface area contributed by atoms with E-state index in [9.17, 15) is 0 Å². The largest absolute Gasteiger partial charge is 0.297 e. The topological polar surface area (TPSA) is 21.3 Å². The molecule has 0 aliphatic heterocycles. The molecule has 0 aromatic heterocycles. The molecule has 0 saturated heterocycles. The Balaban J connectivity index is 1.70. The molecular formula is C17H20ClNO. The molecule has 1 N–H and O–H groups in total. The number of benzene rings is 2. The van der Waals surface area contributed by atoms with Crippen LogP contribution in [-0.2, 0) is 17.9 Å². The first-order chi connectivity index (χ1) is 9.63. The second-order valence-electron chi connectivity index (χ2n) is 5.06. The minimum atomic E-state index is 0.586. The van der Waals surface area contributed by atoms with E-state index in [4.69, 9.17) is 16.4 Å². The predicted octanol–water partition coefficient (Wildman–Crippen LogP) is 4.22. The van der Waals surface area contributed by atoms with Gasteiger partial charge in [-0.2, -0.15) is 0 Å². The molecule has 2 nitrogen and oxygen atoms in total. The standard InChI is InChI=1S/C17H20ClNO/c1-13-9-14(2)11-16(10-13)12-20-19-8-7-15-3-5-17(18)6-4-15/h3-6,9-11,19H,7-8,12H2,1-2H3. The minimum absolute atomic E-state index is 0.586. The Kier molecular flexibility index (Phi) is 5.60. The van der Waals surface area contributed by atoms with Gasteiger partial charge in [0.05, 0.1) is 6.61 Å². The fourth-order valence-corrected chi connectivity index (χ4v) is 2.33. The summed E-state index contributed by atoms with van der Waals surface area (Å²) in [6.07, 6.45) is 0.921. The maximum atomic E-state index is 5.85. The Bertz CT molecular complexity index is 531. The summed E-state index contributed by atoms with van der Waals surface area (Å²) in [4.78, 5) is 5.50. The first-order valence-corrected chi connectivity index (χ1v) is 7.17. The Morgan fingerprint density at radius 1 is 0.950 bits per heavy atom. The SMILES string of the molecule is Cc1cc(C)cc(CONCCc2ccc(Cl)cc2)c1. The van der Waals surface area contributed by atoms with Crippen LogP contribution in [0.5, 0.6) is 0 Å².